The van der Waals surface area contributed by atoms with Crippen molar-refractivity contribution in [1.82, 2.24) is 19.9 Å². The molecule has 7 aromatic carbocycles. The molecule has 7 heteroatoms. The molecule has 0 aliphatic rings. The normalized spacial score (nSPS) is 11.9. The maximum atomic E-state index is 6.25. The SMILES string of the molecule is c1ccc(-c2nc(-c3cccc4oc5ccccc5c34)nc(-c3cccc4sc5cc6sc(-c7ccc8ccccc8c7)nc6cc5c34)n2)cc1. The van der Waals surface area contributed by atoms with E-state index in [0.29, 0.717) is 17.5 Å². The van der Waals surface area contributed by atoms with E-state index >= 15 is 0 Å². The molecule has 0 spiro atoms. The smallest absolute Gasteiger partial charge is 0.164 e. The van der Waals surface area contributed by atoms with Gasteiger partial charge >= 0.3 is 0 Å². The van der Waals surface area contributed by atoms with Crippen molar-refractivity contribution >= 4 is 85.8 Å². The van der Waals surface area contributed by atoms with Gasteiger partial charge in [0.05, 0.1) is 10.2 Å². The van der Waals surface area contributed by atoms with E-state index in [1.165, 1.54) is 24.9 Å². The Bertz CT molecular complexity index is 3160. The summed E-state index contributed by atoms with van der Waals surface area (Å²) in [6.07, 6.45) is 0. The van der Waals surface area contributed by atoms with Gasteiger partial charge in [-0.15, -0.1) is 22.7 Å². The summed E-state index contributed by atoms with van der Waals surface area (Å²) in [6.45, 7) is 0. The molecule has 4 heterocycles. The molecule has 0 radical (unpaired) electrons. The topological polar surface area (TPSA) is 64.7 Å². The second-order valence-electron chi connectivity index (χ2n) is 12.6. The van der Waals surface area contributed by atoms with Gasteiger partial charge in [-0.3, -0.25) is 0 Å². The monoisotopic (exact) mass is 688 g/mol. The van der Waals surface area contributed by atoms with Crippen molar-refractivity contribution in [3.63, 3.8) is 0 Å². The molecule has 0 bridgehead atoms. The minimum atomic E-state index is 0.606. The summed E-state index contributed by atoms with van der Waals surface area (Å²) in [7, 11) is 0. The Morgan fingerprint density at radius 3 is 2.02 bits per heavy atom. The van der Waals surface area contributed by atoms with Gasteiger partial charge in [0.15, 0.2) is 17.5 Å². The Labute approximate surface area is 299 Å². The fraction of sp³-hybridized carbons (Fsp3) is 0. The van der Waals surface area contributed by atoms with Crippen molar-refractivity contribution in [3.8, 4) is 44.7 Å². The summed E-state index contributed by atoms with van der Waals surface area (Å²) >= 11 is 3.53. The Morgan fingerprint density at radius 1 is 0.412 bits per heavy atom. The van der Waals surface area contributed by atoms with Crippen LogP contribution in [-0.4, -0.2) is 19.9 Å². The van der Waals surface area contributed by atoms with Gasteiger partial charge < -0.3 is 4.42 Å². The summed E-state index contributed by atoms with van der Waals surface area (Å²) in [6, 6.07) is 50.3. The van der Waals surface area contributed by atoms with E-state index in [9.17, 15) is 0 Å². The average molecular weight is 689 g/mol. The van der Waals surface area contributed by atoms with Crippen molar-refractivity contribution in [3.05, 3.63) is 146 Å². The number of thiazole rings is 1. The maximum Gasteiger partial charge on any atom is 0.164 e. The molecule has 0 aliphatic carbocycles. The molecular formula is C44H24N4OS2. The summed E-state index contributed by atoms with van der Waals surface area (Å²) in [5.41, 5.74) is 6.57. The number of rotatable bonds is 4. The molecule has 0 atom stereocenters. The first kappa shape index (κ1) is 28.5. The molecule has 11 rings (SSSR count). The van der Waals surface area contributed by atoms with Gasteiger partial charge in [-0.1, -0.05) is 109 Å². The zero-order chi connectivity index (χ0) is 33.5. The quantitative estimate of drug-likeness (QED) is 0.184. The molecule has 5 nitrogen and oxygen atoms in total. The van der Waals surface area contributed by atoms with Crippen LogP contribution in [0.1, 0.15) is 0 Å². The zero-order valence-electron chi connectivity index (χ0n) is 26.9. The number of benzene rings is 7. The van der Waals surface area contributed by atoms with E-state index in [0.717, 1.165) is 65.5 Å². The van der Waals surface area contributed by atoms with Crippen LogP contribution < -0.4 is 0 Å². The second-order valence-corrected chi connectivity index (χ2v) is 14.7. The van der Waals surface area contributed by atoms with Crippen molar-refractivity contribution in [1.29, 1.82) is 0 Å². The molecule has 238 valence electrons. The maximum absolute atomic E-state index is 6.25. The third-order valence-corrected chi connectivity index (χ3v) is 11.7. The van der Waals surface area contributed by atoms with Gasteiger partial charge in [0, 0.05) is 53.2 Å². The summed E-state index contributed by atoms with van der Waals surface area (Å²) in [5, 5.41) is 7.78. The highest BCUT2D eigenvalue weighted by Crippen LogP contribution is 2.44. The van der Waals surface area contributed by atoms with E-state index < -0.39 is 0 Å². The van der Waals surface area contributed by atoms with E-state index in [1.54, 1.807) is 22.7 Å². The lowest BCUT2D eigenvalue weighted by atomic mass is 10.0. The number of fused-ring (bicyclic) bond motifs is 8. The minimum absolute atomic E-state index is 0.606. The number of para-hydroxylation sites is 1. The van der Waals surface area contributed by atoms with Crippen LogP contribution >= 0.6 is 22.7 Å². The zero-order valence-corrected chi connectivity index (χ0v) is 28.5. The standard InChI is InChI=1S/C44H24N4OS2/c1-2-11-26(12-3-1)41-46-42(30-15-8-18-35-39(30)29-14-6-7-17-34(29)49-35)48-43(47-41)31-16-9-19-36-40(31)32-23-33-38(24-37(32)50-36)51-44(45-33)28-21-20-25-10-4-5-13-27(25)22-28/h1-24H. The Hall–Kier alpha value is -6.28. The number of nitrogens with zero attached hydrogens (tertiary/aromatic N) is 4. The third-order valence-electron chi connectivity index (χ3n) is 9.55. The number of thiophene rings is 1. The number of aromatic nitrogens is 4. The first-order chi connectivity index (χ1) is 25.2. The van der Waals surface area contributed by atoms with Crippen LogP contribution in [-0.2, 0) is 0 Å². The number of hydrogen-bond donors (Lipinski definition) is 0. The lowest BCUT2D eigenvalue weighted by Gasteiger charge is -2.10. The van der Waals surface area contributed by atoms with Crippen LogP contribution in [0.25, 0.3) is 108 Å². The number of furan rings is 1. The van der Waals surface area contributed by atoms with Crippen LogP contribution in [0.2, 0.25) is 0 Å². The van der Waals surface area contributed by atoms with Gasteiger partial charge in [0.25, 0.3) is 0 Å². The third kappa shape index (κ3) is 4.59. The lowest BCUT2D eigenvalue weighted by molar-refractivity contribution is 0.669. The Balaban J connectivity index is 1.13. The molecule has 0 amide bonds. The predicted molar refractivity (Wildman–Crippen MR) is 212 cm³/mol. The van der Waals surface area contributed by atoms with E-state index in [2.05, 4.69) is 84.9 Å². The van der Waals surface area contributed by atoms with Crippen molar-refractivity contribution in [2.24, 2.45) is 0 Å². The fourth-order valence-corrected chi connectivity index (χ4v) is 9.38. The highest BCUT2D eigenvalue weighted by molar-refractivity contribution is 7.26. The second kappa shape index (κ2) is 11.1. The molecule has 0 aliphatic heterocycles. The minimum Gasteiger partial charge on any atom is -0.456 e. The van der Waals surface area contributed by atoms with Crippen molar-refractivity contribution in [2.45, 2.75) is 0 Å². The van der Waals surface area contributed by atoms with Gasteiger partial charge in [-0.2, -0.15) is 0 Å². The molecule has 11 aromatic rings. The molecule has 0 N–H and O–H groups in total. The highest BCUT2D eigenvalue weighted by atomic mass is 32.1. The summed E-state index contributed by atoms with van der Waals surface area (Å²) in [4.78, 5) is 20.6. The van der Waals surface area contributed by atoms with Gasteiger partial charge in [0.1, 0.15) is 16.2 Å². The average Bonchev–Trinajstić information content (AvgIpc) is 3.89. The van der Waals surface area contributed by atoms with E-state index in [1.807, 2.05) is 60.7 Å². The first-order valence-corrected chi connectivity index (χ1v) is 18.3. The molecular weight excluding hydrogens is 665 g/mol. The molecule has 0 fully saturated rings. The van der Waals surface area contributed by atoms with Gasteiger partial charge in [0.2, 0.25) is 0 Å². The Morgan fingerprint density at radius 2 is 1.14 bits per heavy atom. The molecule has 4 aromatic heterocycles. The van der Waals surface area contributed by atoms with E-state index in [-0.39, 0.29) is 0 Å². The van der Waals surface area contributed by atoms with Gasteiger partial charge in [-0.05, 0) is 47.2 Å². The summed E-state index contributed by atoms with van der Waals surface area (Å²) < 4.78 is 9.82. The molecule has 0 saturated heterocycles. The van der Waals surface area contributed by atoms with Crippen LogP contribution in [0.4, 0.5) is 0 Å². The van der Waals surface area contributed by atoms with Crippen LogP contribution in [0.15, 0.2) is 150 Å². The summed E-state index contributed by atoms with van der Waals surface area (Å²) in [5.74, 6) is 1.86. The Kier molecular flexibility index (Phi) is 6.22. The van der Waals surface area contributed by atoms with Crippen molar-refractivity contribution in [2.75, 3.05) is 0 Å². The largest absolute Gasteiger partial charge is 0.456 e. The predicted octanol–water partition coefficient (Wildman–Crippen LogP) is 12.6. The lowest BCUT2D eigenvalue weighted by Crippen LogP contribution is -2.00. The van der Waals surface area contributed by atoms with Crippen LogP contribution in [0.5, 0.6) is 0 Å². The fourth-order valence-electron chi connectivity index (χ4n) is 7.17. The molecule has 0 saturated carbocycles. The van der Waals surface area contributed by atoms with Crippen LogP contribution in [0, 0.1) is 0 Å². The van der Waals surface area contributed by atoms with Crippen LogP contribution in [0.3, 0.4) is 0 Å². The highest BCUT2D eigenvalue weighted by Gasteiger charge is 2.20. The number of hydrogen-bond acceptors (Lipinski definition) is 7. The molecule has 51 heavy (non-hydrogen) atoms. The first-order valence-electron chi connectivity index (χ1n) is 16.7. The van der Waals surface area contributed by atoms with E-state index in [4.69, 9.17) is 24.4 Å². The molecule has 0 unspecified atom stereocenters. The van der Waals surface area contributed by atoms with Gasteiger partial charge in [-0.25, -0.2) is 19.9 Å². The van der Waals surface area contributed by atoms with Crippen molar-refractivity contribution < 1.29 is 4.42 Å².